The third kappa shape index (κ3) is 8.09. The van der Waals surface area contributed by atoms with Crippen molar-refractivity contribution in [1.29, 1.82) is 5.41 Å². The van der Waals surface area contributed by atoms with E-state index >= 15 is 0 Å². The van der Waals surface area contributed by atoms with Gasteiger partial charge in [0.1, 0.15) is 22.8 Å². The SMILES string of the molecule is CN(C)C=C/C(=C\C=O)c1cc(O)c(C(=N)SC2CC(C)(C)NC(C)(C)C2)c(OC(F)(F)F)c1. The molecule has 0 saturated carbocycles. The van der Waals surface area contributed by atoms with Crippen LogP contribution in [0, 0.1) is 5.41 Å². The molecule has 0 spiro atoms. The minimum Gasteiger partial charge on any atom is -0.507 e. The van der Waals surface area contributed by atoms with Crippen LogP contribution < -0.4 is 10.1 Å². The van der Waals surface area contributed by atoms with Gasteiger partial charge in [-0.1, -0.05) is 0 Å². The van der Waals surface area contributed by atoms with Gasteiger partial charge in [-0.25, -0.2) is 0 Å². The molecule has 188 valence electrons. The molecule has 0 atom stereocenters. The lowest BCUT2D eigenvalue weighted by atomic mass is 9.82. The lowest BCUT2D eigenvalue weighted by Gasteiger charge is -2.46. The number of thioether (sulfide) groups is 1. The Bertz CT molecular complexity index is 970. The Morgan fingerprint density at radius 3 is 2.32 bits per heavy atom. The Balaban J connectivity index is 2.49. The number of hydrogen-bond acceptors (Lipinski definition) is 7. The van der Waals surface area contributed by atoms with Crippen LogP contribution >= 0.6 is 11.8 Å². The summed E-state index contributed by atoms with van der Waals surface area (Å²) in [5, 5.41) is 22.5. The van der Waals surface area contributed by atoms with Gasteiger partial charge in [-0.05, 0) is 82.2 Å². The Morgan fingerprint density at radius 1 is 1.24 bits per heavy atom. The standard InChI is InChI=1S/C24H32F3N3O3S/c1-22(2)13-17(14-23(3,4)29-22)34-21(28)20-18(32)11-16(12-19(20)33-24(25,26)27)15(8-10-31)7-9-30(5)6/h7-12,17,28-29,32H,13-14H2,1-6H3/b9-7?,15-8+,28-21?. The first-order valence-electron chi connectivity index (χ1n) is 10.7. The number of ether oxygens (including phenoxy) is 1. The molecule has 1 heterocycles. The van der Waals surface area contributed by atoms with Gasteiger partial charge in [-0.15, -0.1) is 24.9 Å². The third-order valence-electron chi connectivity index (χ3n) is 5.10. The highest BCUT2D eigenvalue weighted by Crippen LogP contribution is 2.42. The second kappa shape index (κ2) is 10.4. The highest BCUT2D eigenvalue weighted by atomic mass is 32.2. The number of hydrogen-bond donors (Lipinski definition) is 3. The summed E-state index contributed by atoms with van der Waals surface area (Å²) in [7, 11) is 3.49. The number of phenolic OH excluding ortho intramolecular Hbond substituents is 1. The molecule has 34 heavy (non-hydrogen) atoms. The Hall–Kier alpha value is -2.46. The minimum absolute atomic E-state index is 0.0508. The van der Waals surface area contributed by atoms with Gasteiger partial charge in [0.15, 0.2) is 0 Å². The third-order valence-corrected chi connectivity index (χ3v) is 6.21. The van der Waals surface area contributed by atoms with E-state index in [0.29, 0.717) is 19.1 Å². The summed E-state index contributed by atoms with van der Waals surface area (Å²) < 4.78 is 43.9. The van der Waals surface area contributed by atoms with Crippen LogP contribution in [0.1, 0.15) is 51.7 Å². The minimum atomic E-state index is -5.03. The van der Waals surface area contributed by atoms with Gasteiger partial charge in [0, 0.05) is 30.4 Å². The number of carbonyl (C=O) groups excluding carboxylic acids is 1. The van der Waals surface area contributed by atoms with Gasteiger partial charge in [-0.3, -0.25) is 10.2 Å². The molecule has 1 saturated heterocycles. The number of aldehydes is 1. The largest absolute Gasteiger partial charge is 0.573 e. The normalized spacial score (nSPS) is 18.7. The van der Waals surface area contributed by atoms with Crippen LogP contribution in [-0.4, -0.2) is 58.1 Å². The lowest BCUT2D eigenvalue weighted by Crippen LogP contribution is -2.58. The van der Waals surface area contributed by atoms with Crippen molar-refractivity contribution in [2.75, 3.05) is 14.1 Å². The molecule has 1 aliphatic rings. The molecule has 0 aliphatic carbocycles. The lowest BCUT2D eigenvalue weighted by molar-refractivity contribution is -0.274. The second-order valence-electron chi connectivity index (χ2n) is 9.82. The number of benzene rings is 1. The summed E-state index contributed by atoms with van der Waals surface area (Å²) >= 11 is 1.12. The van der Waals surface area contributed by atoms with Crippen LogP contribution in [0.25, 0.3) is 5.57 Å². The molecule has 1 fully saturated rings. The van der Waals surface area contributed by atoms with Crippen molar-refractivity contribution in [2.24, 2.45) is 0 Å². The zero-order valence-corrected chi connectivity index (χ0v) is 21.0. The van der Waals surface area contributed by atoms with E-state index in [9.17, 15) is 23.1 Å². The molecule has 6 nitrogen and oxygen atoms in total. The van der Waals surface area contributed by atoms with Crippen molar-refractivity contribution in [3.05, 3.63) is 41.6 Å². The van der Waals surface area contributed by atoms with Crippen LogP contribution in [0.4, 0.5) is 13.2 Å². The molecule has 3 N–H and O–H groups in total. The number of allylic oxidation sites excluding steroid dienone is 3. The van der Waals surface area contributed by atoms with Gasteiger partial charge in [-0.2, -0.15) is 0 Å². The summed E-state index contributed by atoms with van der Waals surface area (Å²) in [4.78, 5) is 12.8. The summed E-state index contributed by atoms with van der Waals surface area (Å²) in [6.07, 6.45) is 1.17. The van der Waals surface area contributed by atoms with E-state index in [1.807, 2.05) is 27.7 Å². The molecule has 1 aromatic rings. The Labute approximate surface area is 202 Å². The molecule has 0 bridgehead atoms. The maximum atomic E-state index is 13.2. The van der Waals surface area contributed by atoms with Crippen LogP contribution in [0.3, 0.4) is 0 Å². The zero-order valence-electron chi connectivity index (χ0n) is 20.2. The molecule has 0 unspecified atom stereocenters. The number of phenols is 1. The number of piperidine rings is 1. The number of carbonyl (C=O) groups is 1. The molecule has 1 aromatic carbocycles. The monoisotopic (exact) mass is 499 g/mol. The first kappa shape index (κ1) is 27.8. The predicted molar refractivity (Wildman–Crippen MR) is 130 cm³/mol. The van der Waals surface area contributed by atoms with E-state index in [-0.39, 0.29) is 38.1 Å². The Morgan fingerprint density at radius 2 is 1.82 bits per heavy atom. The topological polar surface area (TPSA) is 85.7 Å². The number of halogens is 3. The van der Waals surface area contributed by atoms with Crippen molar-refractivity contribution in [3.8, 4) is 11.5 Å². The fourth-order valence-corrected chi connectivity index (χ4v) is 5.95. The highest BCUT2D eigenvalue weighted by Gasteiger charge is 2.39. The summed E-state index contributed by atoms with van der Waals surface area (Å²) in [5.41, 5.74) is -0.345. The van der Waals surface area contributed by atoms with E-state index < -0.39 is 17.9 Å². The van der Waals surface area contributed by atoms with Gasteiger partial charge < -0.3 is 20.1 Å². The summed E-state index contributed by atoms with van der Waals surface area (Å²) in [5.74, 6) is -1.22. The second-order valence-corrected chi connectivity index (χ2v) is 11.1. The molecule has 0 radical (unpaired) electrons. The first-order chi connectivity index (χ1) is 15.5. The van der Waals surface area contributed by atoms with Crippen molar-refractivity contribution in [3.63, 3.8) is 0 Å². The van der Waals surface area contributed by atoms with Gasteiger partial charge in [0.05, 0.1) is 5.56 Å². The fraction of sp³-hybridized carbons (Fsp3) is 0.500. The predicted octanol–water partition coefficient (Wildman–Crippen LogP) is 5.32. The van der Waals surface area contributed by atoms with Crippen LogP contribution in [0.2, 0.25) is 0 Å². The van der Waals surface area contributed by atoms with E-state index in [1.165, 1.54) is 18.2 Å². The van der Waals surface area contributed by atoms with E-state index in [4.69, 9.17) is 5.41 Å². The highest BCUT2D eigenvalue weighted by molar-refractivity contribution is 8.14. The average molecular weight is 500 g/mol. The number of nitrogens with zero attached hydrogens (tertiary/aromatic N) is 1. The van der Waals surface area contributed by atoms with E-state index in [0.717, 1.165) is 17.8 Å². The molecular weight excluding hydrogens is 467 g/mol. The van der Waals surface area contributed by atoms with Gasteiger partial charge >= 0.3 is 6.36 Å². The Kier molecular flexibility index (Phi) is 8.53. The molecule has 0 amide bonds. The van der Waals surface area contributed by atoms with Gasteiger partial charge in [0.2, 0.25) is 0 Å². The molecule has 10 heteroatoms. The summed E-state index contributed by atoms with van der Waals surface area (Å²) in [6, 6.07) is 2.32. The number of aromatic hydroxyl groups is 1. The number of nitrogens with one attached hydrogen (secondary N) is 2. The maximum absolute atomic E-state index is 13.2. The van der Waals surface area contributed by atoms with E-state index in [1.54, 1.807) is 25.2 Å². The van der Waals surface area contributed by atoms with Gasteiger partial charge in [0.25, 0.3) is 0 Å². The van der Waals surface area contributed by atoms with Crippen molar-refractivity contribution < 1.29 is 27.8 Å². The molecule has 1 aliphatic heterocycles. The van der Waals surface area contributed by atoms with Crippen LogP contribution in [0.5, 0.6) is 11.5 Å². The molecule has 0 aromatic heterocycles. The van der Waals surface area contributed by atoms with Crippen molar-refractivity contribution in [1.82, 2.24) is 10.2 Å². The average Bonchev–Trinajstić information content (AvgIpc) is 2.60. The summed E-state index contributed by atoms with van der Waals surface area (Å²) in [6.45, 7) is 8.16. The van der Waals surface area contributed by atoms with Crippen molar-refractivity contribution in [2.45, 2.75) is 63.2 Å². The van der Waals surface area contributed by atoms with E-state index in [2.05, 4.69) is 10.1 Å². The molecular formula is C24H32F3N3O3S. The first-order valence-corrected chi connectivity index (χ1v) is 11.6. The number of alkyl halides is 3. The fourth-order valence-electron chi connectivity index (χ4n) is 4.29. The van der Waals surface area contributed by atoms with Crippen LogP contribution in [0.15, 0.2) is 30.5 Å². The van der Waals surface area contributed by atoms with Crippen molar-refractivity contribution >= 4 is 28.7 Å². The van der Waals surface area contributed by atoms with Crippen LogP contribution in [-0.2, 0) is 4.79 Å². The number of rotatable bonds is 7. The maximum Gasteiger partial charge on any atom is 0.573 e. The smallest absolute Gasteiger partial charge is 0.507 e. The molecule has 2 rings (SSSR count). The quantitative estimate of drug-likeness (QED) is 0.155. The zero-order chi connectivity index (χ0) is 25.9.